The van der Waals surface area contributed by atoms with E-state index >= 15 is 0 Å². The molecule has 0 saturated carbocycles. The van der Waals surface area contributed by atoms with Gasteiger partial charge in [0.05, 0.1) is 12.6 Å². The predicted molar refractivity (Wildman–Crippen MR) is 95.4 cm³/mol. The van der Waals surface area contributed by atoms with E-state index in [1.807, 2.05) is 20.8 Å². The third-order valence-corrected chi connectivity index (χ3v) is 4.52. The SMILES string of the molecule is CN1CCC(NC(=O)CN(C[C@H]2CCCO2)C(=O)OC(C)(C)C)CC1. The van der Waals surface area contributed by atoms with Gasteiger partial charge in [-0.3, -0.25) is 9.69 Å². The number of hydrogen-bond acceptors (Lipinski definition) is 5. The summed E-state index contributed by atoms with van der Waals surface area (Å²) in [5.41, 5.74) is -0.587. The van der Waals surface area contributed by atoms with E-state index < -0.39 is 11.7 Å². The summed E-state index contributed by atoms with van der Waals surface area (Å²) in [5, 5.41) is 3.06. The van der Waals surface area contributed by atoms with Crippen LogP contribution in [0.4, 0.5) is 4.79 Å². The third-order valence-electron chi connectivity index (χ3n) is 4.52. The minimum Gasteiger partial charge on any atom is -0.444 e. The van der Waals surface area contributed by atoms with Crippen LogP contribution in [-0.2, 0) is 14.3 Å². The lowest BCUT2D eigenvalue weighted by Crippen LogP contribution is -2.49. The van der Waals surface area contributed by atoms with Crippen LogP contribution in [0.3, 0.4) is 0 Å². The minimum absolute atomic E-state index is 0.0105. The Bertz CT molecular complexity index is 450. The van der Waals surface area contributed by atoms with Gasteiger partial charge in [-0.2, -0.15) is 0 Å². The van der Waals surface area contributed by atoms with E-state index in [0.29, 0.717) is 13.2 Å². The lowest BCUT2D eigenvalue weighted by atomic mass is 10.1. The van der Waals surface area contributed by atoms with Crippen molar-refractivity contribution in [2.45, 2.75) is 64.2 Å². The van der Waals surface area contributed by atoms with Crippen LogP contribution >= 0.6 is 0 Å². The summed E-state index contributed by atoms with van der Waals surface area (Å²) in [5.74, 6) is -0.126. The molecule has 7 nitrogen and oxygen atoms in total. The first-order valence-corrected chi connectivity index (χ1v) is 9.30. The number of amides is 2. The fourth-order valence-corrected chi connectivity index (χ4v) is 3.16. The molecule has 2 aliphatic heterocycles. The Kier molecular flexibility index (Phi) is 7.07. The molecule has 0 aliphatic carbocycles. The van der Waals surface area contributed by atoms with Crippen LogP contribution in [0, 0.1) is 0 Å². The fraction of sp³-hybridized carbons (Fsp3) is 0.889. The Balaban J connectivity index is 1.89. The molecule has 2 saturated heterocycles. The molecule has 0 aromatic carbocycles. The first kappa shape index (κ1) is 20.0. The normalized spacial score (nSPS) is 22.6. The maximum atomic E-state index is 12.5. The van der Waals surface area contributed by atoms with E-state index in [9.17, 15) is 9.59 Å². The smallest absolute Gasteiger partial charge is 0.410 e. The molecule has 2 rings (SSSR count). The molecule has 2 heterocycles. The minimum atomic E-state index is -0.587. The number of likely N-dealkylation sites (tertiary alicyclic amines) is 1. The van der Waals surface area contributed by atoms with Gasteiger partial charge >= 0.3 is 6.09 Å². The highest BCUT2D eigenvalue weighted by atomic mass is 16.6. The maximum Gasteiger partial charge on any atom is 0.410 e. The Morgan fingerprint density at radius 1 is 1.24 bits per heavy atom. The van der Waals surface area contributed by atoms with E-state index in [0.717, 1.165) is 38.8 Å². The van der Waals surface area contributed by atoms with Crippen molar-refractivity contribution < 1.29 is 19.1 Å². The highest BCUT2D eigenvalue weighted by Crippen LogP contribution is 2.16. The van der Waals surface area contributed by atoms with Crippen molar-refractivity contribution in [3.63, 3.8) is 0 Å². The molecule has 0 radical (unpaired) electrons. The van der Waals surface area contributed by atoms with E-state index in [2.05, 4.69) is 17.3 Å². The summed E-state index contributed by atoms with van der Waals surface area (Å²) in [6, 6.07) is 0.187. The zero-order chi connectivity index (χ0) is 18.4. The molecule has 1 N–H and O–H groups in total. The predicted octanol–water partition coefficient (Wildman–Crippen LogP) is 1.61. The average molecular weight is 355 g/mol. The van der Waals surface area contributed by atoms with Gasteiger partial charge in [-0.15, -0.1) is 0 Å². The van der Waals surface area contributed by atoms with E-state index in [1.54, 1.807) is 0 Å². The van der Waals surface area contributed by atoms with E-state index in [-0.39, 0.29) is 24.6 Å². The molecule has 0 spiro atoms. The second-order valence-electron chi connectivity index (χ2n) is 8.14. The number of nitrogens with zero attached hydrogens (tertiary/aromatic N) is 2. The summed E-state index contributed by atoms with van der Waals surface area (Å²) >= 11 is 0. The monoisotopic (exact) mass is 355 g/mol. The number of rotatable bonds is 5. The molecule has 0 aromatic heterocycles. The Morgan fingerprint density at radius 3 is 2.48 bits per heavy atom. The van der Waals surface area contributed by atoms with Gasteiger partial charge in [-0.1, -0.05) is 0 Å². The molecular weight excluding hydrogens is 322 g/mol. The van der Waals surface area contributed by atoms with Crippen molar-refractivity contribution in [2.75, 3.05) is 39.8 Å². The zero-order valence-corrected chi connectivity index (χ0v) is 16.0. The molecule has 7 heteroatoms. The van der Waals surface area contributed by atoms with Crippen LogP contribution < -0.4 is 5.32 Å². The van der Waals surface area contributed by atoms with Gasteiger partial charge in [0.25, 0.3) is 0 Å². The summed E-state index contributed by atoms with van der Waals surface area (Å²) in [4.78, 5) is 28.6. The van der Waals surface area contributed by atoms with Crippen LogP contribution in [0.25, 0.3) is 0 Å². The number of carbonyl (C=O) groups excluding carboxylic acids is 2. The van der Waals surface area contributed by atoms with Crippen molar-refractivity contribution in [2.24, 2.45) is 0 Å². The number of carbonyl (C=O) groups is 2. The number of nitrogens with one attached hydrogen (secondary N) is 1. The first-order chi connectivity index (χ1) is 11.7. The van der Waals surface area contributed by atoms with Crippen molar-refractivity contribution in [1.82, 2.24) is 15.1 Å². The van der Waals surface area contributed by atoms with Gasteiger partial charge in [0.15, 0.2) is 0 Å². The molecule has 0 aromatic rings. The van der Waals surface area contributed by atoms with Gasteiger partial charge < -0.3 is 19.7 Å². The lowest BCUT2D eigenvalue weighted by Gasteiger charge is -2.31. The molecule has 2 amide bonds. The quantitative estimate of drug-likeness (QED) is 0.811. The molecule has 0 unspecified atom stereocenters. The van der Waals surface area contributed by atoms with Crippen molar-refractivity contribution in [1.29, 1.82) is 0 Å². The third kappa shape index (κ3) is 7.20. The lowest BCUT2D eigenvalue weighted by molar-refractivity contribution is -0.123. The van der Waals surface area contributed by atoms with Crippen molar-refractivity contribution in [3.05, 3.63) is 0 Å². The number of hydrogen-bond donors (Lipinski definition) is 1. The molecule has 2 aliphatic rings. The van der Waals surface area contributed by atoms with Gasteiger partial charge in [-0.25, -0.2) is 4.79 Å². The second kappa shape index (κ2) is 8.85. The highest BCUT2D eigenvalue weighted by Gasteiger charge is 2.29. The average Bonchev–Trinajstić information content (AvgIpc) is 3.00. The van der Waals surface area contributed by atoms with E-state index in [4.69, 9.17) is 9.47 Å². The topological polar surface area (TPSA) is 71.1 Å². The second-order valence-corrected chi connectivity index (χ2v) is 8.14. The summed E-state index contributed by atoms with van der Waals surface area (Å²) in [6.07, 6.45) is 3.33. The van der Waals surface area contributed by atoms with Crippen molar-refractivity contribution >= 4 is 12.0 Å². The van der Waals surface area contributed by atoms with E-state index in [1.165, 1.54) is 4.90 Å². The summed E-state index contributed by atoms with van der Waals surface area (Å²) < 4.78 is 11.1. The van der Waals surface area contributed by atoms with Crippen molar-refractivity contribution in [3.8, 4) is 0 Å². The van der Waals surface area contributed by atoms with Gasteiger partial charge in [0.1, 0.15) is 12.1 Å². The van der Waals surface area contributed by atoms with Crippen LogP contribution in [0.1, 0.15) is 46.5 Å². The largest absolute Gasteiger partial charge is 0.444 e. The van der Waals surface area contributed by atoms with Crippen LogP contribution in [0.5, 0.6) is 0 Å². The molecular formula is C18H33N3O4. The standard InChI is InChI=1S/C18H33N3O4/c1-18(2,3)25-17(23)21(12-15-6-5-11-24-15)13-16(22)19-14-7-9-20(4)10-8-14/h14-15H,5-13H2,1-4H3,(H,19,22)/t15-/m1/s1. The molecule has 2 fully saturated rings. The van der Waals surface area contributed by atoms with Crippen LogP contribution in [0.15, 0.2) is 0 Å². The molecule has 144 valence electrons. The van der Waals surface area contributed by atoms with Gasteiger partial charge in [0.2, 0.25) is 5.91 Å². The fourth-order valence-electron chi connectivity index (χ4n) is 3.16. The Labute approximate surface area is 151 Å². The molecule has 0 bridgehead atoms. The van der Waals surface area contributed by atoms with Crippen LogP contribution in [0.2, 0.25) is 0 Å². The first-order valence-electron chi connectivity index (χ1n) is 9.30. The summed E-state index contributed by atoms with van der Waals surface area (Å²) in [6.45, 7) is 8.58. The molecule has 1 atom stereocenters. The maximum absolute atomic E-state index is 12.5. The Morgan fingerprint density at radius 2 is 1.92 bits per heavy atom. The zero-order valence-electron chi connectivity index (χ0n) is 16.0. The van der Waals surface area contributed by atoms with Crippen LogP contribution in [-0.4, -0.2) is 79.4 Å². The molecule has 25 heavy (non-hydrogen) atoms. The highest BCUT2D eigenvalue weighted by molar-refractivity contribution is 5.82. The number of ether oxygens (including phenoxy) is 2. The van der Waals surface area contributed by atoms with Gasteiger partial charge in [0, 0.05) is 12.6 Å². The van der Waals surface area contributed by atoms with Gasteiger partial charge in [-0.05, 0) is 66.6 Å². The summed E-state index contributed by atoms with van der Waals surface area (Å²) in [7, 11) is 2.09. The number of piperidine rings is 1. The Hall–Kier alpha value is -1.34.